The van der Waals surface area contributed by atoms with Gasteiger partial charge in [0.15, 0.2) is 0 Å². The van der Waals surface area contributed by atoms with Gasteiger partial charge in [0, 0.05) is 13.1 Å². The van der Waals surface area contributed by atoms with Gasteiger partial charge in [0.25, 0.3) is 5.91 Å². The molecule has 0 aromatic heterocycles. The van der Waals surface area contributed by atoms with Crippen molar-refractivity contribution in [1.29, 1.82) is 0 Å². The molecule has 24 heavy (non-hydrogen) atoms. The summed E-state index contributed by atoms with van der Waals surface area (Å²) in [6.45, 7) is 7.28. The second-order valence-electron chi connectivity index (χ2n) is 7.59. The smallest absolute Gasteiger partial charge is 0.251 e. The number of nitrogens with one attached hydrogen (secondary N) is 1. The molecule has 3 atom stereocenters. The molecule has 1 amide bonds. The number of ether oxygens (including phenoxy) is 1. The highest BCUT2D eigenvalue weighted by atomic mass is 35.5. The van der Waals surface area contributed by atoms with Crippen LogP contribution < -0.4 is 5.32 Å². The van der Waals surface area contributed by atoms with Gasteiger partial charge in [-0.05, 0) is 64.0 Å². The molecule has 2 fully saturated rings. The highest BCUT2D eigenvalue weighted by molar-refractivity contribution is 5.85. The fourth-order valence-corrected chi connectivity index (χ4v) is 4.06. The second-order valence-corrected chi connectivity index (χ2v) is 7.59. The van der Waals surface area contributed by atoms with Crippen LogP contribution in [0.15, 0.2) is 0 Å². The minimum absolute atomic E-state index is 0. The SMILES string of the molecule is CCC(OC1CCCC(C)C1)C(=O)N1CCC(CCNC)CC1.Cl. The first-order valence-electron chi connectivity index (χ1n) is 9.72. The molecule has 4 nitrogen and oxygen atoms in total. The molecule has 0 radical (unpaired) electrons. The van der Waals surface area contributed by atoms with E-state index in [9.17, 15) is 4.79 Å². The quantitative estimate of drug-likeness (QED) is 0.753. The van der Waals surface area contributed by atoms with E-state index < -0.39 is 0 Å². The van der Waals surface area contributed by atoms with Crippen molar-refractivity contribution in [3.63, 3.8) is 0 Å². The van der Waals surface area contributed by atoms with Crippen molar-refractivity contribution in [3.8, 4) is 0 Å². The molecular formula is C19H37ClN2O2. The van der Waals surface area contributed by atoms with E-state index >= 15 is 0 Å². The molecular weight excluding hydrogens is 324 g/mol. The van der Waals surface area contributed by atoms with Crippen molar-refractivity contribution in [3.05, 3.63) is 0 Å². The van der Waals surface area contributed by atoms with Gasteiger partial charge in [-0.25, -0.2) is 0 Å². The summed E-state index contributed by atoms with van der Waals surface area (Å²) in [4.78, 5) is 14.8. The molecule has 1 heterocycles. The van der Waals surface area contributed by atoms with Gasteiger partial charge in [0.05, 0.1) is 6.10 Å². The zero-order chi connectivity index (χ0) is 16.7. The largest absolute Gasteiger partial charge is 0.365 e. The summed E-state index contributed by atoms with van der Waals surface area (Å²) in [6, 6.07) is 0. The molecule has 5 heteroatoms. The van der Waals surface area contributed by atoms with Gasteiger partial charge in [0.1, 0.15) is 6.10 Å². The summed E-state index contributed by atoms with van der Waals surface area (Å²) in [6.07, 6.45) is 9.18. The predicted molar refractivity (Wildman–Crippen MR) is 102 cm³/mol. The van der Waals surface area contributed by atoms with Crippen LogP contribution in [0.2, 0.25) is 0 Å². The topological polar surface area (TPSA) is 41.6 Å². The zero-order valence-electron chi connectivity index (χ0n) is 15.8. The third-order valence-electron chi connectivity index (χ3n) is 5.62. The number of carbonyl (C=O) groups is 1. The summed E-state index contributed by atoms with van der Waals surface area (Å²) in [5, 5.41) is 3.22. The molecule has 1 aliphatic carbocycles. The van der Waals surface area contributed by atoms with E-state index in [1.807, 2.05) is 7.05 Å². The van der Waals surface area contributed by atoms with Crippen molar-refractivity contribution in [2.75, 3.05) is 26.7 Å². The Hall–Kier alpha value is -0.320. The molecule has 0 bridgehead atoms. The normalized spacial score (nSPS) is 26.7. The minimum atomic E-state index is -0.223. The maximum atomic E-state index is 12.8. The molecule has 1 aliphatic heterocycles. The molecule has 2 rings (SSSR count). The van der Waals surface area contributed by atoms with Crippen LogP contribution in [0.1, 0.15) is 65.2 Å². The molecule has 0 aromatic carbocycles. The number of hydrogen-bond donors (Lipinski definition) is 1. The van der Waals surface area contributed by atoms with Crippen molar-refractivity contribution < 1.29 is 9.53 Å². The summed E-state index contributed by atoms with van der Waals surface area (Å²) in [7, 11) is 2.01. The zero-order valence-corrected chi connectivity index (χ0v) is 16.6. The number of piperidine rings is 1. The molecule has 0 spiro atoms. The summed E-state index contributed by atoms with van der Waals surface area (Å²) >= 11 is 0. The minimum Gasteiger partial charge on any atom is -0.365 e. The maximum absolute atomic E-state index is 12.8. The van der Waals surface area contributed by atoms with Crippen LogP contribution >= 0.6 is 12.4 Å². The lowest BCUT2D eigenvalue weighted by Crippen LogP contribution is -2.46. The number of amides is 1. The summed E-state index contributed by atoms with van der Waals surface area (Å²) in [5.41, 5.74) is 0. The number of carbonyl (C=O) groups excluding carboxylic acids is 1. The van der Waals surface area contributed by atoms with Crippen LogP contribution in [0.25, 0.3) is 0 Å². The molecule has 142 valence electrons. The number of likely N-dealkylation sites (tertiary alicyclic amines) is 1. The van der Waals surface area contributed by atoms with Crippen molar-refractivity contribution in [2.24, 2.45) is 11.8 Å². The van der Waals surface area contributed by atoms with Crippen LogP contribution in [0, 0.1) is 11.8 Å². The third kappa shape index (κ3) is 6.53. The predicted octanol–water partition coefficient (Wildman–Crippen LogP) is 3.63. The first kappa shape index (κ1) is 21.7. The van der Waals surface area contributed by atoms with E-state index in [1.54, 1.807) is 0 Å². The van der Waals surface area contributed by atoms with E-state index in [2.05, 4.69) is 24.1 Å². The highest BCUT2D eigenvalue weighted by Gasteiger charge is 2.30. The first-order valence-corrected chi connectivity index (χ1v) is 9.72. The molecule has 1 saturated heterocycles. The van der Waals surface area contributed by atoms with Crippen LogP contribution in [-0.2, 0) is 9.53 Å². The third-order valence-corrected chi connectivity index (χ3v) is 5.62. The van der Waals surface area contributed by atoms with Gasteiger partial charge in [-0.2, -0.15) is 0 Å². The average Bonchev–Trinajstić information content (AvgIpc) is 2.58. The standard InChI is InChI=1S/C19H36N2O2.ClH/c1-4-18(23-17-7-5-6-15(2)14-17)19(22)21-12-9-16(10-13-21)8-11-20-3;/h15-18,20H,4-14H2,1-3H3;1H. The summed E-state index contributed by atoms with van der Waals surface area (Å²) in [5.74, 6) is 1.74. The van der Waals surface area contributed by atoms with Crippen molar-refractivity contribution in [2.45, 2.75) is 77.4 Å². The van der Waals surface area contributed by atoms with E-state index in [0.29, 0.717) is 6.10 Å². The lowest BCUT2D eigenvalue weighted by molar-refractivity contribution is -0.151. The first-order chi connectivity index (χ1) is 11.1. The lowest BCUT2D eigenvalue weighted by atomic mass is 9.88. The Balaban J connectivity index is 0.00000288. The van der Waals surface area contributed by atoms with Gasteiger partial charge >= 0.3 is 0 Å². The Labute approximate surface area is 154 Å². The Morgan fingerprint density at radius 1 is 1.25 bits per heavy atom. The van der Waals surface area contributed by atoms with Gasteiger partial charge in [0.2, 0.25) is 0 Å². The molecule has 0 aromatic rings. The van der Waals surface area contributed by atoms with E-state index in [1.165, 1.54) is 19.3 Å². The van der Waals surface area contributed by atoms with E-state index in [4.69, 9.17) is 4.74 Å². The summed E-state index contributed by atoms with van der Waals surface area (Å²) < 4.78 is 6.22. The maximum Gasteiger partial charge on any atom is 0.251 e. The van der Waals surface area contributed by atoms with Crippen molar-refractivity contribution >= 4 is 18.3 Å². The molecule has 3 unspecified atom stereocenters. The number of hydrogen-bond acceptors (Lipinski definition) is 3. The van der Waals surface area contributed by atoms with Gasteiger partial charge in [-0.3, -0.25) is 4.79 Å². The Morgan fingerprint density at radius 3 is 2.54 bits per heavy atom. The van der Waals surface area contributed by atoms with Crippen LogP contribution in [-0.4, -0.2) is 49.7 Å². The molecule has 1 N–H and O–H groups in total. The van der Waals surface area contributed by atoms with Crippen LogP contribution in [0.5, 0.6) is 0 Å². The molecule has 2 aliphatic rings. The number of halogens is 1. The Kier molecular flexibility index (Phi) is 10.3. The monoisotopic (exact) mass is 360 g/mol. The van der Waals surface area contributed by atoms with Crippen LogP contribution in [0.3, 0.4) is 0 Å². The fourth-order valence-electron chi connectivity index (χ4n) is 4.06. The number of rotatable bonds is 7. The lowest BCUT2D eigenvalue weighted by Gasteiger charge is -2.36. The fraction of sp³-hybridized carbons (Fsp3) is 0.947. The van der Waals surface area contributed by atoms with Gasteiger partial charge in [-0.1, -0.05) is 26.7 Å². The van der Waals surface area contributed by atoms with Gasteiger partial charge in [-0.15, -0.1) is 12.4 Å². The average molecular weight is 361 g/mol. The molecule has 1 saturated carbocycles. The van der Waals surface area contributed by atoms with Crippen molar-refractivity contribution in [1.82, 2.24) is 10.2 Å². The van der Waals surface area contributed by atoms with E-state index in [0.717, 1.165) is 63.6 Å². The van der Waals surface area contributed by atoms with E-state index in [-0.39, 0.29) is 24.4 Å². The Morgan fingerprint density at radius 2 is 1.96 bits per heavy atom. The number of nitrogens with zero attached hydrogens (tertiary/aromatic N) is 1. The van der Waals surface area contributed by atoms with Crippen LogP contribution in [0.4, 0.5) is 0 Å². The Bertz CT molecular complexity index is 359. The highest BCUT2D eigenvalue weighted by Crippen LogP contribution is 2.28. The second kappa shape index (κ2) is 11.3. The van der Waals surface area contributed by atoms with Gasteiger partial charge < -0.3 is 15.0 Å².